The smallest absolute Gasteiger partial charge is 0.356 e. The van der Waals surface area contributed by atoms with E-state index in [2.05, 4.69) is 16.6 Å². The van der Waals surface area contributed by atoms with Crippen molar-refractivity contribution in [2.45, 2.75) is 43.4 Å². The number of hydrogen-bond donors (Lipinski definition) is 2. The van der Waals surface area contributed by atoms with Crippen LogP contribution in [0.5, 0.6) is 0 Å². The second kappa shape index (κ2) is 5.79. The van der Waals surface area contributed by atoms with Crippen LogP contribution in [0.4, 0.5) is 0 Å². The van der Waals surface area contributed by atoms with Crippen LogP contribution in [-0.2, 0) is 10.0 Å². The van der Waals surface area contributed by atoms with Gasteiger partial charge < -0.3 is 5.11 Å². The molecule has 3 unspecified atom stereocenters. The maximum Gasteiger partial charge on any atom is 0.356 e. The summed E-state index contributed by atoms with van der Waals surface area (Å²) in [6, 6.07) is -0.131. The second-order valence-corrected chi connectivity index (χ2v) is 7.89. The molecule has 112 valence electrons. The Morgan fingerprint density at radius 1 is 1.55 bits per heavy atom. The summed E-state index contributed by atoms with van der Waals surface area (Å²) in [4.78, 5) is 14.6. The number of sulfonamides is 1. The summed E-state index contributed by atoms with van der Waals surface area (Å²) in [7, 11) is -3.82. The van der Waals surface area contributed by atoms with Crippen LogP contribution in [-0.4, -0.2) is 30.5 Å². The number of carboxylic acids is 1. The molecule has 0 bridgehead atoms. The largest absolute Gasteiger partial charge is 0.476 e. The molecule has 1 saturated carbocycles. The van der Waals surface area contributed by atoms with Gasteiger partial charge in [0.15, 0.2) is 9.90 Å². The lowest BCUT2D eigenvalue weighted by Crippen LogP contribution is -2.37. The topological polar surface area (TPSA) is 96.4 Å². The molecule has 3 atom stereocenters. The van der Waals surface area contributed by atoms with Gasteiger partial charge in [-0.05, 0) is 24.7 Å². The molecule has 0 aliphatic heterocycles. The first kappa shape index (κ1) is 15.4. The van der Waals surface area contributed by atoms with Gasteiger partial charge >= 0.3 is 5.97 Å². The molecular formula is C12H18N2O4S2. The lowest BCUT2D eigenvalue weighted by atomic mass is 9.94. The number of thiazole rings is 1. The van der Waals surface area contributed by atoms with Crippen LogP contribution < -0.4 is 4.72 Å². The highest BCUT2D eigenvalue weighted by molar-refractivity contribution is 7.91. The molecule has 0 amide bonds. The fourth-order valence-electron chi connectivity index (χ4n) is 2.81. The summed E-state index contributed by atoms with van der Waals surface area (Å²) in [5, 5.41) is 8.96. The Morgan fingerprint density at radius 3 is 2.80 bits per heavy atom. The zero-order chi connectivity index (χ0) is 14.9. The number of carboxylic acid groups (broad SMARTS) is 1. The Bertz CT molecular complexity index is 596. The minimum absolute atomic E-state index is 0.131. The van der Waals surface area contributed by atoms with Crippen molar-refractivity contribution in [2.75, 3.05) is 0 Å². The van der Waals surface area contributed by atoms with Crippen LogP contribution in [0.15, 0.2) is 9.72 Å². The average Bonchev–Trinajstić information content (AvgIpc) is 2.98. The zero-order valence-electron chi connectivity index (χ0n) is 11.4. The molecule has 1 aromatic rings. The first-order valence-corrected chi connectivity index (χ1v) is 8.92. The van der Waals surface area contributed by atoms with E-state index < -0.39 is 21.7 Å². The van der Waals surface area contributed by atoms with E-state index in [1.807, 2.05) is 6.92 Å². The summed E-state index contributed by atoms with van der Waals surface area (Å²) in [5.41, 5.74) is 0.838. The van der Waals surface area contributed by atoms with Gasteiger partial charge in [0.25, 0.3) is 10.0 Å². The first-order chi connectivity index (χ1) is 9.36. The van der Waals surface area contributed by atoms with E-state index in [1.165, 1.54) is 5.51 Å². The van der Waals surface area contributed by atoms with Gasteiger partial charge in [0.1, 0.15) is 0 Å². The van der Waals surface area contributed by atoms with Gasteiger partial charge in [0, 0.05) is 6.04 Å². The summed E-state index contributed by atoms with van der Waals surface area (Å²) < 4.78 is 27.1. The van der Waals surface area contributed by atoms with Crippen LogP contribution in [0.3, 0.4) is 0 Å². The standard InChI is InChI=1S/C12H18N2O4S2/c1-3-8-4-5-9(7(8)2)14-20(17,18)12-10(11(15)16)13-6-19-12/h6-9,14H,3-5H2,1-2H3,(H,15,16). The van der Waals surface area contributed by atoms with E-state index in [-0.39, 0.29) is 16.2 Å². The Hall–Kier alpha value is -0.990. The number of nitrogens with zero attached hydrogens (tertiary/aromatic N) is 1. The lowest BCUT2D eigenvalue weighted by Gasteiger charge is -2.20. The fraction of sp³-hybridized carbons (Fsp3) is 0.667. The van der Waals surface area contributed by atoms with Crippen LogP contribution in [0, 0.1) is 11.8 Å². The maximum absolute atomic E-state index is 12.3. The molecule has 1 heterocycles. The van der Waals surface area contributed by atoms with Gasteiger partial charge in [0.05, 0.1) is 5.51 Å². The van der Waals surface area contributed by atoms with Gasteiger partial charge in [0.2, 0.25) is 0 Å². The lowest BCUT2D eigenvalue weighted by molar-refractivity contribution is 0.0687. The second-order valence-electron chi connectivity index (χ2n) is 5.13. The fourth-order valence-corrected chi connectivity index (χ4v) is 5.33. The van der Waals surface area contributed by atoms with E-state index in [1.54, 1.807) is 0 Å². The minimum Gasteiger partial charge on any atom is -0.476 e. The Labute approximate surface area is 122 Å². The van der Waals surface area contributed by atoms with Crippen molar-refractivity contribution in [3.8, 4) is 0 Å². The third kappa shape index (κ3) is 2.87. The molecule has 2 rings (SSSR count). The van der Waals surface area contributed by atoms with Gasteiger partial charge in [-0.25, -0.2) is 22.9 Å². The van der Waals surface area contributed by atoms with Crippen LogP contribution in [0.1, 0.15) is 43.6 Å². The quantitative estimate of drug-likeness (QED) is 0.865. The molecule has 6 nitrogen and oxygen atoms in total. The normalized spacial score (nSPS) is 26.8. The predicted molar refractivity (Wildman–Crippen MR) is 75.4 cm³/mol. The molecule has 1 fully saturated rings. The molecule has 8 heteroatoms. The molecule has 1 aromatic heterocycles. The van der Waals surface area contributed by atoms with Crippen molar-refractivity contribution in [1.29, 1.82) is 0 Å². The van der Waals surface area contributed by atoms with Crippen LogP contribution >= 0.6 is 11.3 Å². The molecule has 0 radical (unpaired) electrons. The van der Waals surface area contributed by atoms with E-state index >= 15 is 0 Å². The molecule has 2 N–H and O–H groups in total. The van der Waals surface area contributed by atoms with Crippen molar-refractivity contribution in [1.82, 2.24) is 9.71 Å². The Balaban J connectivity index is 2.20. The minimum atomic E-state index is -3.82. The average molecular weight is 318 g/mol. The molecule has 0 spiro atoms. The number of rotatable bonds is 5. The molecular weight excluding hydrogens is 300 g/mol. The monoisotopic (exact) mass is 318 g/mol. The zero-order valence-corrected chi connectivity index (χ0v) is 13.0. The first-order valence-electron chi connectivity index (χ1n) is 6.56. The highest BCUT2D eigenvalue weighted by Crippen LogP contribution is 2.35. The molecule has 20 heavy (non-hydrogen) atoms. The number of aromatic carboxylic acids is 1. The number of carbonyl (C=O) groups is 1. The van der Waals surface area contributed by atoms with E-state index in [0.717, 1.165) is 30.6 Å². The van der Waals surface area contributed by atoms with E-state index in [9.17, 15) is 13.2 Å². The number of nitrogens with one attached hydrogen (secondary N) is 1. The van der Waals surface area contributed by atoms with Gasteiger partial charge in [-0.1, -0.05) is 20.3 Å². The molecule has 1 aliphatic rings. The summed E-state index contributed by atoms with van der Waals surface area (Å²) in [6.07, 6.45) is 2.82. The summed E-state index contributed by atoms with van der Waals surface area (Å²) in [6.45, 7) is 4.14. The maximum atomic E-state index is 12.3. The number of aromatic nitrogens is 1. The number of hydrogen-bond acceptors (Lipinski definition) is 5. The van der Waals surface area contributed by atoms with Crippen molar-refractivity contribution in [3.05, 3.63) is 11.2 Å². The van der Waals surface area contributed by atoms with Crippen molar-refractivity contribution in [2.24, 2.45) is 11.8 Å². The molecule has 0 aromatic carbocycles. The molecule has 1 aliphatic carbocycles. The van der Waals surface area contributed by atoms with Crippen molar-refractivity contribution >= 4 is 27.3 Å². The Morgan fingerprint density at radius 2 is 2.25 bits per heavy atom. The van der Waals surface area contributed by atoms with Gasteiger partial charge in [-0.3, -0.25) is 0 Å². The van der Waals surface area contributed by atoms with Crippen molar-refractivity contribution < 1.29 is 18.3 Å². The van der Waals surface area contributed by atoms with Crippen LogP contribution in [0.25, 0.3) is 0 Å². The highest BCUT2D eigenvalue weighted by Gasteiger charge is 2.36. The predicted octanol–water partition coefficient (Wildman–Crippen LogP) is 1.94. The highest BCUT2D eigenvalue weighted by atomic mass is 32.2. The van der Waals surface area contributed by atoms with Gasteiger partial charge in [-0.2, -0.15) is 0 Å². The van der Waals surface area contributed by atoms with E-state index in [0.29, 0.717) is 5.92 Å². The SMILES string of the molecule is CCC1CCC(NS(=O)(=O)c2scnc2C(=O)O)C1C. The third-order valence-electron chi connectivity index (χ3n) is 4.04. The van der Waals surface area contributed by atoms with Gasteiger partial charge in [-0.15, -0.1) is 11.3 Å². The summed E-state index contributed by atoms with van der Waals surface area (Å²) in [5.74, 6) is -0.545. The summed E-state index contributed by atoms with van der Waals surface area (Å²) >= 11 is 0.834. The Kier molecular flexibility index (Phi) is 4.46. The van der Waals surface area contributed by atoms with Crippen LogP contribution in [0.2, 0.25) is 0 Å². The third-order valence-corrected chi connectivity index (χ3v) is 6.90. The molecule has 0 saturated heterocycles. The van der Waals surface area contributed by atoms with Crippen molar-refractivity contribution in [3.63, 3.8) is 0 Å². The van der Waals surface area contributed by atoms with E-state index in [4.69, 9.17) is 5.11 Å².